The van der Waals surface area contributed by atoms with Gasteiger partial charge in [-0.1, -0.05) is 20.4 Å². The number of hydrogen-bond donors (Lipinski definition) is 1. The molecule has 8 bridgehead atoms. The fourth-order valence-corrected chi connectivity index (χ4v) is 7.45. The zero-order chi connectivity index (χ0) is 16.1. The standard InChI is InChI=1S/C20H28O3/c1-10(2)11(3)18(21)23-20-7-15-12-4-19(22)5-13(15)17(9-20)14(6-19)16(12)8-20/h10,12-17,22H,3-9H2,1-2H3. The highest BCUT2D eigenvalue weighted by Gasteiger charge is 2.71. The van der Waals surface area contributed by atoms with Crippen LogP contribution in [0.5, 0.6) is 0 Å². The van der Waals surface area contributed by atoms with Gasteiger partial charge in [-0.3, -0.25) is 0 Å². The van der Waals surface area contributed by atoms with E-state index in [1.165, 1.54) is 0 Å². The maximum atomic E-state index is 12.5. The SMILES string of the molecule is C=C(C(=O)OC12CC3C4CC5(O)CC3C(C1)C(C5)C4C2)C(C)C. The van der Waals surface area contributed by atoms with Crippen molar-refractivity contribution in [3.05, 3.63) is 12.2 Å². The molecule has 7 aliphatic carbocycles. The van der Waals surface area contributed by atoms with Gasteiger partial charge < -0.3 is 9.84 Å². The summed E-state index contributed by atoms with van der Waals surface area (Å²) in [5.74, 6) is 4.10. The summed E-state index contributed by atoms with van der Waals surface area (Å²) in [5, 5.41) is 10.8. The molecule has 7 rings (SSSR count). The number of hydrogen-bond acceptors (Lipinski definition) is 3. The molecular formula is C20H28O3. The second-order valence-electron chi connectivity index (χ2n) is 9.68. The average molecular weight is 316 g/mol. The molecule has 126 valence electrons. The van der Waals surface area contributed by atoms with Crippen molar-refractivity contribution in [1.29, 1.82) is 0 Å². The number of esters is 1. The molecule has 7 fully saturated rings. The second-order valence-corrected chi connectivity index (χ2v) is 9.68. The summed E-state index contributed by atoms with van der Waals surface area (Å²) in [6.45, 7) is 7.94. The van der Waals surface area contributed by atoms with E-state index in [1.54, 1.807) is 0 Å². The van der Waals surface area contributed by atoms with Crippen LogP contribution in [0.15, 0.2) is 12.2 Å². The maximum absolute atomic E-state index is 12.5. The zero-order valence-electron chi connectivity index (χ0n) is 14.3. The van der Waals surface area contributed by atoms with E-state index in [0.29, 0.717) is 41.1 Å². The van der Waals surface area contributed by atoms with Gasteiger partial charge in [0.15, 0.2) is 0 Å². The smallest absolute Gasteiger partial charge is 0.334 e. The maximum Gasteiger partial charge on any atom is 0.334 e. The van der Waals surface area contributed by atoms with Gasteiger partial charge in [-0.25, -0.2) is 4.79 Å². The Kier molecular flexibility index (Phi) is 2.66. The first kappa shape index (κ1) is 14.5. The predicted octanol–water partition coefficient (Wildman–Crippen LogP) is 3.32. The Morgan fingerprint density at radius 1 is 0.957 bits per heavy atom. The number of carbonyl (C=O) groups excluding carboxylic acids is 1. The lowest BCUT2D eigenvalue weighted by Crippen LogP contribution is -2.71. The molecule has 0 unspecified atom stereocenters. The van der Waals surface area contributed by atoms with Gasteiger partial charge in [-0.05, 0) is 80.0 Å². The molecule has 3 nitrogen and oxygen atoms in total. The first-order chi connectivity index (χ1) is 10.8. The van der Waals surface area contributed by atoms with Gasteiger partial charge in [0.25, 0.3) is 0 Å². The minimum absolute atomic E-state index is 0.150. The Morgan fingerprint density at radius 2 is 1.35 bits per heavy atom. The molecule has 0 radical (unpaired) electrons. The normalized spacial score (nSPS) is 54.8. The fraction of sp³-hybridized carbons (Fsp3) is 0.850. The number of aliphatic hydroxyl groups is 1. The molecule has 0 aliphatic heterocycles. The molecule has 0 atom stereocenters. The van der Waals surface area contributed by atoms with E-state index in [9.17, 15) is 9.90 Å². The van der Waals surface area contributed by atoms with Crippen LogP contribution in [0.4, 0.5) is 0 Å². The van der Waals surface area contributed by atoms with Crippen molar-refractivity contribution < 1.29 is 14.6 Å². The van der Waals surface area contributed by atoms with Crippen LogP contribution in [0.3, 0.4) is 0 Å². The molecule has 0 heterocycles. The third-order valence-electron chi connectivity index (χ3n) is 8.24. The molecule has 23 heavy (non-hydrogen) atoms. The number of carbonyl (C=O) groups is 1. The summed E-state index contributed by atoms with van der Waals surface area (Å²) in [7, 11) is 0. The Hall–Kier alpha value is -0.830. The topological polar surface area (TPSA) is 46.5 Å². The highest BCUT2D eigenvalue weighted by atomic mass is 16.6. The van der Waals surface area contributed by atoms with Crippen LogP contribution in [-0.2, 0) is 9.53 Å². The van der Waals surface area contributed by atoms with Gasteiger partial charge in [0, 0.05) is 5.57 Å². The summed E-state index contributed by atoms with van der Waals surface area (Å²) >= 11 is 0. The summed E-state index contributed by atoms with van der Waals surface area (Å²) in [6, 6.07) is 0. The quantitative estimate of drug-likeness (QED) is 0.642. The van der Waals surface area contributed by atoms with Gasteiger partial charge in [0.05, 0.1) is 5.60 Å². The van der Waals surface area contributed by atoms with Crippen molar-refractivity contribution in [3.63, 3.8) is 0 Å². The van der Waals surface area contributed by atoms with Crippen molar-refractivity contribution in [1.82, 2.24) is 0 Å². The molecule has 7 saturated carbocycles. The Balaban J connectivity index is 1.43. The third-order valence-corrected chi connectivity index (χ3v) is 8.24. The van der Waals surface area contributed by atoms with E-state index in [2.05, 4.69) is 6.58 Å². The van der Waals surface area contributed by atoms with Crippen molar-refractivity contribution >= 4 is 5.97 Å². The molecular weight excluding hydrogens is 288 g/mol. The van der Waals surface area contributed by atoms with E-state index in [1.807, 2.05) is 13.8 Å². The lowest BCUT2D eigenvalue weighted by Gasteiger charge is -2.73. The van der Waals surface area contributed by atoms with Gasteiger partial charge >= 0.3 is 5.97 Å². The molecule has 0 aromatic rings. The number of ether oxygens (including phenoxy) is 1. The van der Waals surface area contributed by atoms with Gasteiger partial charge in [-0.15, -0.1) is 0 Å². The van der Waals surface area contributed by atoms with E-state index in [4.69, 9.17) is 4.74 Å². The summed E-state index contributed by atoms with van der Waals surface area (Å²) in [6.07, 6.45) is 6.13. The van der Waals surface area contributed by atoms with Gasteiger partial charge in [0.2, 0.25) is 0 Å². The Morgan fingerprint density at radius 3 is 1.74 bits per heavy atom. The molecule has 1 N–H and O–H groups in total. The van der Waals surface area contributed by atoms with Crippen LogP contribution in [0.2, 0.25) is 0 Å². The summed E-state index contributed by atoms with van der Waals surface area (Å²) < 4.78 is 6.13. The monoisotopic (exact) mass is 316 g/mol. The largest absolute Gasteiger partial charge is 0.456 e. The summed E-state index contributed by atoms with van der Waals surface area (Å²) in [4.78, 5) is 12.5. The van der Waals surface area contributed by atoms with Crippen molar-refractivity contribution in [2.45, 2.75) is 63.6 Å². The Bertz CT molecular complexity index is 527. The zero-order valence-corrected chi connectivity index (χ0v) is 14.3. The predicted molar refractivity (Wildman–Crippen MR) is 86.4 cm³/mol. The molecule has 0 aromatic carbocycles. The minimum Gasteiger partial charge on any atom is -0.456 e. The van der Waals surface area contributed by atoms with Crippen LogP contribution in [0, 0.1) is 41.4 Å². The van der Waals surface area contributed by atoms with Crippen molar-refractivity contribution in [3.8, 4) is 0 Å². The Labute approximate surface area is 138 Å². The summed E-state index contributed by atoms with van der Waals surface area (Å²) in [5.41, 5.74) is 0.0354. The first-order valence-electron chi connectivity index (χ1n) is 9.45. The van der Waals surface area contributed by atoms with Gasteiger partial charge in [-0.2, -0.15) is 0 Å². The molecule has 0 saturated heterocycles. The number of rotatable bonds is 3. The second kappa shape index (κ2) is 4.22. The van der Waals surface area contributed by atoms with Crippen LogP contribution in [0.25, 0.3) is 0 Å². The molecule has 0 spiro atoms. The van der Waals surface area contributed by atoms with Crippen molar-refractivity contribution in [2.75, 3.05) is 0 Å². The van der Waals surface area contributed by atoms with Crippen LogP contribution in [0.1, 0.15) is 52.4 Å². The van der Waals surface area contributed by atoms with E-state index in [0.717, 1.165) is 38.5 Å². The van der Waals surface area contributed by atoms with Crippen LogP contribution in [-0.4, -0.2) is 22.3 Å². The molecule has 7 aliphatic rings. The van der Waals surface area contributed by atoms with Crippen LogP contribution < -0.4 is 0 Å². The molecule has 0 amide bonds. The fourth-order valence-electron chi connectivity index (χ4n) is 7.45. The first-order valence-corrected chi connectivity index (χ1v) is 9.45. The molecule has 0 aromatic heterocycles. The van der Waals surface area contributed by atoms with Crippen molar-refractivity contribution in [2.24, 2.45) is 41.4 Å². The highest BCUT2D eigenvalue weighted by molar-refractivity contribution is 5.88. The lowest BCUT2D eigenvalue weighted by molar-refractivity contribution is -0.292. The molecule has 3 heteroatoms. The minimum atomic E-state index is -0.358. The van der Waals surface area contributed by atoms with E-state index < -0.39 is 0 Å². The highest BCUT2D eigenvalue weighted by Crippen LogP contribution is 2.73. The van der Waals surface area contributed by atoms with E-state index >= 15 is 0 Å². The lowest BCUT2D eigenvalue weighted by atomic mass is 9.34. The van der Waals surface area contributed by atoms with Gasteiger partial charge in [0.1, 0.15) is 5.60 Å². The van der Waals surface area contributed by atoms with Crippen LogP contribution >= 0.6 is 0 Å². The third kappa shape index (κ3) is 1.78. The average Bonchev–Trinajstić information content (AvgIpc) is 2.49. The van der Waals surface area contributed by atoms with E-state index in [-0.39, 0.29) is 23.1 Å².